The number of sulfonamides is 1. The molecule has 2 aromatic carbocycles. The third kappa shape index (κ3) is 5.29. The minimum absolute atomic E-state index is 0.0120. The van der Waals surface area contributed by atoms with Crippen molar-refractivity contribution in [3.05, 3.63) is 50.9 Å². The van der Waals surface area contributed by atoms with Crippen LogP contribution in [-0.2, 0) is 27.5 Å². The lowest BCUT2D eigenvalue weighted by molar-refractivity contribution is -0.137. The quantitative estimate of drug-likeness (QED) is 0.334. The van der Waals surface area contributed by atoms with Gasteiger partial charge in [-0.1, -0.05) is 11.6 Å². The van der Waals surface area contributed by atoms with Gasteiger partial charge in [0.05, 0.1) is 41.0 Å². The average Bonchev–Trinajstić information content (AvgIpc) is 3.29. The number of nitrogens with zero attached hydrogens (tertiary/aromatic N) is 4. The van der Waals surface area contributed by atoms with E-state index in [-0.39, 0.29) is 59.6 Å². The molecule has 0 bridgehead atoms. The molecule has 2 saturated heterocycles. The number of rotatable bonds is 4. The van der Waals surface area contributed by atoms with Crippen molar-refractivity contribution in [3.63, 3.8) is 0 Å². The number of hydrogen-bond donors (Lipinski definition) is 1. The molecule has 6 rings (SSSR count). The number of nitrogens with one attached hydrogen (secondary N) is 1. The predicted octanol–water partition coefficient (Wildman–Crippen LogP) is 3.56. The summed E-state index contributed by atoms with van der Waals surface area (Å²) in [6.45, 7) is 0.751. The fourth-order valence-electron chi connectivity index (χ4n) is 6.04. The number of piperazine rings is 1. The van der Waals surface area contributed by atoms with E-state index in [2.05, 4.69) is 10.3 Å². The van der Waals surface area contributed by atoms with Crippen LogP contribution in [0.2, 0.25) is 5.02 Å². The molecule has 0 amide bonds. The van der Waals surface area contributed by atoms with E-state index in [1.54, 1.807) is 4.90 Å². The van der Waals surface area contributed by atoms with Crippen LogP contribution >= 0.6 is 23.4 Å². The molecule has 2 fully saturated rings. The number of alkyl halides is 3. The molecule has 1 aromatic heterocycles. The predicted molar refractivity (Wildman–Crippen MR) is 152 cm³/mol. The van der Waals surface area contributed by atoms with Gasteiger partial charge in [0.1, 0.15) is 17.5 Å². The SMILES string of the molecule is CO[C@@H]1CSc2c(-c3cc(Cl)c(F)cc3F)c(C(F)(F)F)cc3c(N4CCN[C@H]5CN(S(C)(=O)=O)C[C@H]54)nc(=O)n(c23)C1. The normalized spacial score (nSPS) is 23.1. The standard InChI is InChI=1S/C26H25ClF5N5O4S2/c1-41-12-8-37-22-14(24(34-25(37)38)36-4-3-33-19-9-35(10-20(19)36)43(2,39)40)5-15(26(30,31)32)21(23(22)42-11-12)13-6-16(27)18(29)7-17(13)28/h5-7,12,19-20,33H,3-4,8-11H2,1-2H3/t12-,19-,20+/m0/s1. The monoisotopic (exact) mass is 665 g/mol. The van der Waals surface area contributed by atoms with Gasteiger partial charge in [0.15, 0.2) is 0 Å². The fraction of sp³-hybridized carbons (Fsp3) is 0.462. The highest BCUT2D eigenvalue weighted by Gasteiger charge is 2.44. The molecular weight excluding hydrogens is 641 g/mol. The Morgan fingerprint density at radius 1 is 1.14 bits per heavy atom. The molecule has 9 nitrogen and oxygen atoms in total. The van der Waals surface area contributed by atoms with Crippen molar-refractivity contribution < 1.29 is 35.1 Å². The van der Waals surface area contributed by atoms with Crippen molar-refractivity contribution in [2.45, 2.75) is 35.8 Å². The molecule has 0 spiro atoms. The first-order valence-corrected chi connectivity index (χ1v) is 16.3. The van der Waals surface area contributed by atoms with Crippen molar-refractivity contribution in [2.24, 2.45) is 0 Å². The number of fused-ring (bicyclic) bond motifs is 1. The van der Waals surface area contributed by atoms with Crippen molar-refractivity contribution in [2.75, 3.05) is 50.2 Å². The maximum atomic E-state index is 15.2. The summed E-state index contributed by atoms with van der Waals surface area (Å²) < 4.78 is 107. The number of aromatic nitrogens is 2. The number of hydrogen-bond acceptors (Lipinski definition) is 8. The molecule has 1 N–H and O–H groups in total. The molecule has 3 aliphatic rings. The Labute approximate surface area is 252 Å². The zero-order chi connectivity index (χ0) is 31.0. The molecule has 0 aliphatic carbocycles. The van der Waals surface area contributed by atoms with Crippen LogP contribution in [-0.4, -0.2) is 85.8 Å². The van der Waals surface area contributed by atoms with E-state index in [0.717, 1.165) is 30.2 Å². The molecule has 4 heterocycles. The third-order valence-electron chi connectivity index (χ3n) is 8.07. The summed E-state index contributed by atoms with van der Waals surface area (Å²) in [7, 11) is -2.17. The van der Waals surface area contributed by atoms with Crippen LogP contribution in [0, 0.1) is 11.6 Å². The number of halogens is 6. The number of thioether (sulfide) groups is 1. The van der Waals surface area contributed by atoms with Gasteiger partial charge >= 0.3 is 11.9 Å². The van der Waals surface area contributed by atoms with Gasteiger partial charge in [-0.15, -0.1) is 11.8 Å². The Bertz CT molecular complexity index is 1810. The summed E-state index contributed by atoms with van der Waals surface area (Å²) in [5, 5.41) is 2.67. The Morgan fingerprint density at radius 2 is 1.88 bits per heavy atom. The molecule has 3 aromatic rings. The molecule has 43 heavy (non-hydrogen) atoms. The van der Waals surface area contributed by atoms with Crippen LogP contribution in [0.1, 0.15) is 5.56 Å². The fourth-order valence-corrected chi connectivity index (χ4v) is 8.37. The molecule has 3 atom stereocenters. The largest absolute Gasteiger partial charge is 0.417 e. The minimum atomic E-state index is -5.01. The molecule has 0 radical (unpaired) electrons. The molecule has 232 valence electrons. The van der Waals surface area contributed by atoms with Gasteiger partial charge in [-0.05, 0) is 12.1 Å². The molecule has 17 heteroatoms. The zero-order valence-corrected chi connectivity index (χ0v) is 25.1. The van der Waals surface area contributed by atoms with Crippen LogP contribution in [0.25, 0.3) is 22.0 Å². The van der Waals surface area contributed by atoms with E-state index in [4.69, 9.17) is 16.3 Å². The van der Waals surface area contributed by atoms with Crippen molar-refractivity contribution in [3.8, 4) is 11.1 Å². The first-order chi connectivity index (χ1) is 20.2. The minimum Gasteiger partial charge on any atom is -0.379 e. The lowest BCUT2D eigenvalue weighted by Crippen LogP contribution is -2.58. The highest BCUT2D eigenvalue weighted by molar-refractivity contribution is 7.99. The Hall–Kier alpha value is -2.50. The zero-order valence-electron chi connectivity index (χ0n) is 22.7. The summed E-state index contributed by atoms with van der Waals surface area (Å²) in [5.41, 5.74) is -3.03. The number of methoxy groups -OCH3 is 1. The molecule has 0 unspecified atom stereocenters. The van der Waals surface area contributed by atoms with E-state index in [1.165, 1.54) is 16.0 Å². The van der Waals surface area contributed by atoms with Crippen LogP contribution in [0.15, 0.2) is 27.9 Å². The highest BCUT2D eigenvalue weighted by atomic mass is 35.5. The lowest BCUT2D eigenvalue weighted by atomic mass is 9.95. The molecule has 3 aliphatic heterocycles. The average molecular weight is 666 g/mol. The third-order valence-corrected chi connectivity index (χ3v) is 10.8. The van der Waals surface area contributed by atoms with E-state index in [9.17, 15) is 30.8 Å². The first kappa shape index (κ1) is 30.5. The lowest BCUT2D eigenvalue weighted by Gasteiger charge is -2.39. The van der Waals surface area contributed by atoms with E-state index in [0.29, 0.717) is 12.6 Å². The maximum Gasteiger partial charge on any atom is 0.417 e. The van der Waals surface area contributed by atoms with Gasteiger partial charge in [-0.25, -0.2) is 22.0 Å². The summed E-state index contributed by atoms with van der Waals surface area (Å²) in [6.07, 6.45) is -4.53. The second-order valence-corrected chi connectivity index (χ2v) is 14.1. The van der Waals surface area contributed by atoms with Crippen LogP contribution in [0.4, 0.5) is 27.8 Å². The summed E-state index contributed by atoms with van der Waals surface area (Å²) in [5.74, 6) is -2.30. The topological polar surface area (TPSA) is 96.8 Å². The van der Waals surface area contributed by atoms with Crippen LogP contribution in [0.5, 0.6) is 0 Å². The molecular formula is C26H25ClF5N5O4S2. The smallest absolute Gasteiger partial charge is 0.379 e. The van der Waals surface area contributed by atoms with Crippen molar-refractivity contribution >= 4 is 50.1 Å². The number of benzene rings is 2. The van der Waals surface area contributed by atoms with Crippen molar-refractivity contribution in [1.82, 2.24) is 19.2 Å². The Kier molecular flexibility index (Phi) is 7.69. The summed E-state index contributed by atoms with van der Waals surface area (Å²) in [4.78, 5) is 19.5. The van der Waals surface area contributed by atoms with Gasteiger partial charge in [0.2, 0.25) is 10.0 Å². The second kappa shape index (κ2) is 10.8. The van der Waals surface area contributed by atoms with E-state index >= 15 is 4.39 Å². The Balaban J connectivity index is 1.68. The summed E-state index contributed by atoms with van der Waals surface area (Å²) >= 11 is 6.87. The summed E-state index contributed by atoms with van der Waals surface area (Å²) in [6, 6.07) is 1.18. The van der Waals surface area contributed by atoms with Gasteiger partial charge < -0.3 is 15.0 Å². The van der Waals surface area contributed by atoms with E-state index in [1.807, 2.05) is 0 Å². The maximum absolute atomic E-state index is 15.2. The number of ether oxygens (including phenoxy) is 1. The van der Waals surface area contributed by atoms with Gasteiger partial charge in [-0.3, -0.25) is 4.57 Å². The van der Waals surface area contributed by atoms with E-state index < -0.39 is 67.4 Å². The first-order valence-electron chi connectivity index (χ1n) is 13.1. The van der Waals surface area contributed by atoms with Gasteiger partial charge in [0, 0.05) is 72.6 Å². The second-order valence-electron chi connectivity index (χ2n) is 10.7. The van der Waals surface area contributed by atoms with Gasteiger partial charge in [-0.2, -0.15) is 22.5 Å². The van der Waals surface area contributed by atoms with Crippen LogP contribution < -0.4 is 15.9 Å². The molecule has 0 saturated carbocycles. The van der Waals surface area contributed by atoms with Crippen LogP contribution in [0.3, 0.4) is 0 Å². The Morgan fingerprint density at radius 3 is 2.56 bits per heavy atom. The highest BCUT2D eigenvalue weighted by Crippen LogP contribution is 2.49. The number of anilines is 1. The van der Waals surface area contributed by atoms with Crippen molar-refractivity contribution in [1.29, 1.82) is 0 Å². The van der Waals surface area contributed by atoms with Gasteiger partial charge in [0.25, 0.3) is 0 Å².